The minimum atomic E-state index is 0.0174. The van der Waals surface area contributed by atoms with E-state index in [0.29, 0.717) is 24.8 Å². The van der Waals surface area contributed by atoms with Gasteiger partial charge in [-0.3, -0.25) is 4.79 Å². The third kappa shape index (κ3) is 3.90. The highest BCUT2D eigenvalue weighted by molar-refractivity contribution is 6.18. The van der Waals surface area contributed by atoms with Crippen LogP contribution in [-0.2, 0) is 6.42 Å². The van der Waals surface area contributed by atoms with Crippen molar-refractivity contribution in [1.82, 2.24) is 4.90 Å². The highest BCUT2D eigenvalue weighted by Gasteiger charge is 2.16. The summed E-state index contributed by atoms with van der Waals surface area (Å²) in [4.78, 5) is 14.0. The molecule has 0 bridgehead atoms. The predicted octanol–water partition coefficient (Wildman–Crippen LogP) is 3.17. The molecule has 0 aliphatic carbocycles. The first kappa shape index (κ1) is 14.3. The van der Waals surface area contributed by atoms with Crippen molar-refractivity contribution >= 4 is 29.1 Å². The van der Waals surface area contributed by atoms with Crippen LogP contribution < -0.4 is 0 Å². The molecule has 4 heteroatoms. The lowest BCUT2D eigenvalue weighted by atomic mass is 10.0. The molecule has 0 aliphatic heterocycles. The lowest BCUT2D eigenvalue weighted by Crippen LogP contribution is -2.35. The minimum absolute atomic E-state index is 0.0174. The van der Waals surface area contributed by atoms with E-state index in [0.717, 1.165) is 17.5 Å². The van der Waals surface area contributed by atoms with Crippen LogP contribution in [0.15, 0.2) is 24.3 Å². The van der Waals surface area contributed by atoms with E-state index in [4.69, 9.17) is 23.2 Å². The van der Waals surface area contributed by atoms with E-state index in [-0.39, 0.29) is 5.91 Å². The average molecular weight is 274 g/mol. The summed E-state index contributed by atoms with van der Waals surface area (Å²) in [6.45, 7) is 3.11. The molecule has 0 N–H and O–H groups in total. The van der Waals surface area contributed by atoms with Gasteiger partial charge in [-0.25, -0.2) is 0 Å². The van der Waals surface area contributed by atoms with Crippen LogP contribution in [-0.4, -0.2) is 35.7 Å². The van der Waals surface area contributed by atoms with E-state index >= 15 is 0 Å². The molecule has 0 spiro atoms. The highest BCUT2D eigenvalue weighted by Crippen LogP contribution is 2.12. The van der Waals surface area contributed by atoms with Crippen LogP contribution >= 0.6 is 23.2 Å². The van der Waals surface area contributed by atoms with Crippen molar-refractivity contribution in [2.45, 2.75) is 13.3 Å². The van der Waals surface area contributed by atoms with Crippen LogP contribution in [0.1, 0.15) is 22.8 Å². The molecule has 1 aromatic carbocycles. The molecular formula is C13H17Cl2NO. The van der Waals surface area contributed by atoms with Gasteiger partial charge in [0.25, 0.3) is 5.91 Å². The van der Waals surface area contributed by atoms with E-state index in [9.17, 15) is 4.79 Å². The normalized spacial score (nSPS) is 10.3. The number of nitrogens with zero attached hydrogens (tertiary/aromatic N) is 1. The molecule has 0 atom stereocenters. The first-order chi connectivity index (χ1) is 8.24. The van der Waals surface area contributed by atoms with Crippen molar-refractivity contribution in [3.8, 4) is 0 Å². The molecule has 2 nitrogen and oxygen atoms in total. The fourth-order valence-electron chi connectivity index (χ4n) is 1.73. The predicted molar refractivity (Wildman–Crippen MR) is 73.2 cm³/mol. The summed E-state index contributed by atoms with van der Waals surface area (Å²) in [6, 6.07) is 7.67. The Morgan fingerprint density at radius 1 is 1.18 bits per heavy atom. The van der Waals surface area contributed by atoms with Gasteiger partial charge < -0.3 is 4.90 Å². The van der Waals surface area contributed by atoms with Gasteiger partial charge in [0.15, 0.2) is 0 Å². The maximum Gasteiger partial charge on any atom is 0.254 e. The molecule has 0 fully saturated rings. The Labute approximate surface area is 113 Å². The molecule has 0 heterocycles. The second-order valence-electron chi connectivity index (χ2n) is 3.68. The van der Waals surface area contributed by atoms with E-state index in [1.165, 1.54) is 0 Å². The third-order valence-electron chi connectivity index (χ3n) is 2.62. The number of amides is 1. The third-order valence-corrected chi connectivity index (χ3v) is 2.96. The first-order valence-corrected chi connectivity index (χ1v) is 6.80. The van der Waals surface area contributed by atoms with Crippen LogP contribution in [0.3, 0.4) is 0 Å². The number of benzene rings is 1. The molecule has 0 saturated heterocycles. The number of hydrogen-bond donors (Lipinski definition) is 0. The molecule has 1 amide bonds. The highest BCUT2D eigenvalue weighted by atomic mass is 35.5. The van der Waals surface area contributed by atoms with Crippen molar-refractivity contribution < 1.29 is 4.79 Å². The SMILES string of the molecule is CCc1ccccc1C(=O)N(CCCl)CCCl. The van der Waals surface area contributed by atoms with E-state index in [1.54, 1.807) is 4.90 Å². The Balaban J connectivity index is 2.92. The molecule has 0 aliphatic rings. The van der Waals surface area contributed by atoms with Crippen molar-refractivity contribution in [2.24, 2.45) is 0 Å². The van der Waals surface area contributed by atoms with Gasteiger partial charge in [0.05, 0.1) is 0 Å². The minimum Gasteiger partial charge on any atom is -0.336 e. The summed E-state index contributed by atoms with van der Waals surface area (Å²) >= 11 is 11.4. The van der Waals surface area contributed by atoms with Crippen LogP contribution in [0.4, 0.5) is 0 Å². The fraction of sp³-hybridized carbons (Fsp3) is 0.462. The summed E-state index contributed by atoms with van der Waals surface area (Å²) in [5, 5.41) is 0. The molecule has 17 heavy (non-hydrogen) atoms. The number of hydrogen-bond acceptors (Lipinski definition) is 1. The number of halogens is 2. The van der Waals surface area contributed by atoms with Gasteiger partial charge in [-0.05, 0) is 18.1 Å². The Bertz CT molecular complexity index is 362. The summed E-state index contributed by atoms with van der Waals surface area (Å²) in [6.07, 6.45) is 0.845. The summed E-state index contributed by atoms with van der Waals surface area (Å²) in [5.41, 5.74) is 1.82. The number of aryl methyl sites for hydroxylation is 1. The lowest BCUT2D eigenvalue weighted by molar-refractivity contribution is 0.0774. The van der Waals surface area contributed by atoms with E-state index < -0.39 is 0 Å². The quantitative estimate of drug-likeness (QED) is 0.730. The summed E-state index contributed by atoms with van der Waals surface area (Å²) < 4.78 is 0. The van der Waals surface area contributed by atoms with Crippen LogP contribution in [0.2, 0.25) is 0 Å². The number of alkyl halides is 2. The lowest BCUT2D eigenvalue weighted by Gasteiger charge is -2.21. The van der Waals surface area contributed by atoms with Gasteiger partial charge in [0.1, 0.15) is 0 Å². The smallest absolute Gasteiger partial charge is 0.254 e. The molecule has 0 saturated carbocycles. The van der Waals surface area contributed by atoms with Gasteiger partial charge in [0.2, 0.25) is 0 Å². The zero-order valence-corrected chi connectivity index (χ0v) is 11.5. The molecule has 94 valence electrons. The Kier molecular flexibility index (Phi) is 6.38. The van der Waals surface area contributed by atoms with Crippen LogP contribution in [0.5, 0.6) is 0 Å². The zero-order chi connectivity index (χ0) is 12.7. The van der Waals surface area contributed by atoms with Crippen molar-refractivity contribution in [2.75, 3.05) is 24.8 Å². The van der Waals surface area contributed by atoms with Gasteiger partial charge in [-0.15, -0.1) is 23.2 Å². The van der Waals surface area contributed by atoms with Gasteiger partial charge >= 0.3 is 0 Å². The molecule has 0 aromatic heterocycles. The molecule has 0 radical (unpaired) electrons. The Morgan fingerprint density at radius 3 is 2.29 bits per heavy atom. The van der Waals surface area contributed by atoms with Crippen molar-refractivity contribution in [3.63, 3.8) is 0 Å². The molecule has 0 unspecified atom stereocenters. The number of carbonyl (C=O) groups is 1. The Hall–Kier alpha value is -0.730. The second kappa shape index (κ2) is 7.57. The van der Waals surface area contributed by atoms with E-state index in [1.807, 2.05) is 31.2 Å². The van der Waals surface area contributed by atoms with Crippen LogP contribution in [0.25, 0.3) is 0 Å². The molecule has 1 rings (SSSR count). The van der Waals surface area contributed by atoms with Crippen molar-refractivity contribution in [3.05, 3.63) is 35.4 Å². The van der Waals surface area contributed by atoms with Gasteiger partial charge in [0, 0.05) is 30.4 Å². The fourth-order valence-corrected chi connectivity index (χ4v) is 2.13. The monoisotopic (exact) mass is 273 g/mol. The maximum atomic E-state index is 12.3. The molecule has 1 aromatic rings. The summed E-state index contributed by atoms with van der Waals surface area (Å²) in [7, 11) is 0. The largest absolute Gasteiger partial charge is 0.336 e. The molecular weight excluding hydrogens is 257 g/mol. The Morgan fingerprint density at radius 2 is 1.76 bits per heavy atom. The average Bonchev–Trinajstić information content (AvgIpc) is 2.37. The van der Waals surface area contributed by atoms with Crippen molar-refractivity contribution in [1.29, 1.82) is 0 Å². The van der Waals surface area contributed by atoms with E-state index in [2.05, 4.69) is 0 Å². The summed E-state index contributed by atoms with van der Waals surface area (Å²) in [5.74, 6) is 0.872. The van der Waals surface area contributed by atoms with Crippen LogP contribution in [0, 0.1) is 0 Å². The topological polar surface area (TPSA) is 20.3 Å². The standard InChI is InChI=1S/C13H17Cl2NO/c1-2-11-5-3-4-6-12(11)13(17)16(9-7-14)10-8-15/h3-6H,2,7-10H2,1H3. The number of rotatable bonds is 6. The second-order valence-corrected chi connectivity index (χ2v) is 4.44. The first-order valence-electron chi connectivity index (χ1n) is 5.73. The van der Waals surface area contributed by atoms with Gasteiger partial charge in [-0.2, -0.15) is 0 Å². The zero-order valence-electron chi connectivity index (χ0n) is 9.96. The van der Waals surface area contributed by atoms with Gasteiger partial charge in [-0.1, -0.05) is 25.1 Å². The maximum absolute atomic E-state index is 12.3. The number of carbonyl (C=O) groups excluding carboxylic acids is 1.